The Morgan fingerprint density at radius 3 is 2.20 bits per heavy atom. The minimum atomic E-state index is 0.589. The van der Waals surface area contributed by atoms with Crippen LogP contribution in [0.15, 0.2) is 82.2 Å². The summed E-state index contributed by atoms with van der Waals surface area (Å²) >= 11 is 4.90. The molecule has 0 saturated heterocycles. The highest BCUT2D eigenvalue weighted by Crippen LogP contribution is 2.29. The molecule has 0 spiro atoms. The van der Waals surface area contributed by atoms with Crippen molar-refractivity contribution in [3.05, 3.63) is 82.8 Å². The SMILES string of the molecule is CC.O=Cc1cccc(Nc2nc3ccccc3nc2NSc2ccc(Br)cc2)c1. The van der Waals surface area contributed by atoms with Crippen molar-refractivity contribution in [2.45, 2.75) is 18.7 Å². The maximum Gasteiger partial charge on any atom is 0.180 e. The van der Waals surface area contributed by atoms with Crippen molar-refractivity contribution >= 4 is 62.5 Å². The fourth-order valence-electron chi connectivity index (χ4n) is 2.59. The highest BCUT2D eigenvalue weighted by atomic mass is 79.9. The van der Waals surface area contributed by atoms with E-state index in [1.165, 1.54) is 11.9 Å². The van der Waals surface area contributed by atoms with E-state index in [0.29, 0.717) is 17.2 Å². The van der Waals surface area contributed by atoms with Gasteiger partial charge >= 0.3 is 0 Å². The van der Waals surface area contributed by atoms with E-state index in [0.717, 1.165) is 32.4 Å². The third kappa shape index (κ3) is 5.58. The first kappa shape index (κ1) is 21.8. The van der Waals surface area contributed by atoms with Crippen molar-refractivity contribution in [2.24, 2.45) is 0 Å². The first-order valence-corrected chi connectivity index (χ1v) is 11.1. The summed E-state index contributed by atoms with van der Waals surface area (Å²) in [7, 11) is 0. The monoisotopic (exact) mass is 480 g/mol. The first-order valence-electron chi connectivity index (χ1n) is 9.49. The second-order valence-electron chi connectivity index (χ2n) is 5.94. The van der Waals surface area contributed by atoms with Crippen LogP contribution in [0.3, 0.4) is 0 Å². The van der Waals surface area contributed by atoms with Crippen LogP contribution in [-0.4, -0.2) is 16.3 Å². The molecule has 152 valence electrons. The van der Waals surface area contributed by atoms with Crippen molar-refractivity contribution in [1.29, 1.82) is 0 Å². The molecule has 1 aromatic heterocycles. The minimum absolute atomic E-state index is 0.589. The molecule has 0 radical (unpaired) electrons. The average Bonchev–Trinajstić information content (AvgIpc) is 2.80. The Morgan fingerprint density at radius 1 is 0.867 bits per heavy atom. The van der Waals surface area contributed by atoms with Crippen LogP contribution in [0.5, 0.6) is 0 Å². The predicted molar refractivity (Wildman–Crippen MR) is 130 cm³/mol. The Kier molecular flexibility index (Phi) is 7.82. The molecule has 2 N–H and O–H groups in total. The number of aromatic nitrogens is 2. The zero-order valence-corrected chi connectivity index (χ0v) is 19.0. The van der Waals surface area contributed by atoms with Crippen molar-refractivity contribution in [2.75, 3.05) is 10.0 Å². The van der Waals surface area contributed by atoms with Gasteiger partial charge in [-0.25, -0.2) is 9.97 Å². The van der Waals surface area contributed by atoms with Crippen LogP contribution in [0.2, 0.25) is 0 Å². The molecule has 0 bridgehead atoms. The number of carbonyl (C=O) groups is 1. The second-order valence-corrected chi connectivity index (χ2v) is 7.73. The molecule has 1 heterocycles. The van der Waals surface area contributed by atoms with E-state index in [4.69, 9.17) is 9.97 Å². The number of hydrogen-bond acceptors (Lipinski definition) is 6. The highest BCUT2D eigenvalue weighted by molar-refractivity contribution is 9.10. The fourth-order valence-corrected chi connectivity index (χ4v) is 3.49. The van der Waals surface area contributed by atoms with E-state index in [1.54, 1.807) is 12.1 Å². The lowest BCUT2D eigenvalue weighted by molar-refractivity contribution is 0.112. The molecule has 0 aliphatic rings. The molecule has 3 aromatic carbocycles. The van der Waals surface area contributed by atoms with Gasteiger partial charge in [0, 0.05) is 20.6 Å². The lowest BCUT2D eigenvalue weighted by Gasteiger charge is -2.13. The topological polar surface area (TPSA) is 66.9 Å². The van der Waals surface area contributed by atoms with Gasteiger partial charge < -0.3 is 10.0 Å². The number of benzene rings is 3. The Labute approximate surface area is 188 Å². The number of hydrogen-bond donors (Lipinski definition) is 2. The van der Waals surface area contributed by atoms with Gasteiger partial charge in [0.15, 0.2) is 11.6 Å². The van der Waals surface area contributed by atoms with Crippen LogP contribution in [0.1, 0.15) is 24.2 Å². The van der Waals surface area contributed by atoms with E-state index in [-0.39, 0.29) is 0 Å². The van der Waals surface area contributed by atoms with E-state index in [9.17, 15) is 4.79 Å². The van der Waals surface area contributed by atoms with Gasteiger partial charge in [-0.1, -0.05) is 54.0 Å². The molecule has 0 amide bonds. The van der Waals surface area contributed by atoms with Gasteiger partial charge in [0.1, 0.15) is 6.29 Å². The van der Waals surface area contributed by atoms with E-state index in [1.807, 2.05) is 74.5 Å². The number of halogens is 1. The molecule has 30 heavy (non-hydrogen) atoms. The quantitative estimate of drug-likeness (QED) is 0.226. The summed E-state index contributed by atoms with van der Waals surface area (Å²) in [6, 6.07) is 22.9. The zero-order valence-electron chi connectivity index (χ0n) is 16.6. The van der Waals surface area contributed by atoms with Crippen molar-refractivity contribution in [3.8, 4) is 0 Å². The number of anilines is 3. The van der Waals surface area contributed by atoms with Gasteiger partial charge in [-0.2, -0.15) is 0 Å². The summed E-state index contributed by atoms with van der Waals surface area (Å²) in [6.45, 7) is 4.00. The first-order chi connectivity index (χ1) is 14.7. The molecular formula is C23H21BrN4OS. The number of nitrogens with zero attached hydrogens (tertiary/aromatic N) is 2. The Morgan fingerprint density at radius 2 is 1.53 bits per heavy atom. The van der Waals surface area contributed by atoms with Crippen molar-refractivity contribution in [3.63, 3.8) is 0 Å². The molecule has 0 unspecified atom stereocenters. The molecule has 4 aromatic rings. The third-order valence-electron chi connectivity index (χ3n) is 3.94. The molecule has 5 nitrogen and oxygen atoms in total. The highest BCUT2D eigenvalue weighted by Gasteiger charge is 2.10. The predicted octanol–water partition coefficient (Wildman–Crippen LogP) is 7.09. The molecule has 0 atom stereocenters. The molecule has 0 saturated carbocycles. The van der Waals surface area contributed by atoms with Crippen LogP contribution >= 0.6 is 27.9 Å². The van der Waals surface area contributed by atoms with Crippen molar-refractivity contribution in [1.82, 2.24) is 9.97 Å². The van der Waals surface area contributed by atoms with Crippen LogP contribution in [0.4, 0.5) is 17.3 Å². The largest absolute Gasteiger partial charge is 0.337 e. The standard InChI is InChI=1S/C21H15BrN4OS.C2H6/c22-15-8-10-17(11-9-15)28-26-21-20(23-16-5-3-4-14(12-16)13-27)24-18-6-1-2-7-19(18)25-21;1-2/h1-13H,(H,23,24)(H,25,26);1-2H3. The number of carbonyl (C=O) groups excluding carboxylic acids is 1. The van der Waals surface area contributed by atoms with Crippen LogP contribution in [0.25, 0.3) is 11.0 Å². The number of para-hydroxylation sites is 2. The molecular weight excluding hydrogens is 460 g/mol. The smallest absolute Gasteiger partial charge is 0.180 e. The number of fused-ring (bicyclic) bond motifs is 1. The molecule has 7 heteroatoms. The van der Waals surface area contributed by atoms with Crippen molar-refractivity contribution < 1.29 is 4.79 Å². The zero-order chi connectivity index (χ0) is 21.3. The summed E-state index contributed by atoms with van der Waals surface area (Å²) in [5.74, 6) is 1.20. The Hall–Kier alpha value is -2.90. The average molecular weight is 481 g/mol. The normalized spacial score (nSPS) is 10.1. The van der Waals surface area contributed by atoms with Gasteiger partial charge in [-0.3, -0.25) is 4.79 Å². The van der Waals surface area contributed by atoms with Crippen LogP contribution in [-0.2, 0) is 0 Å². The molecule has 0 aliphatic heterocycles. The van der Waals surface area contributed by atoms with Gasteiger partial charge in [0.25, 0.3) is 0 Å². The van der Waals surface area contributed by atoms with Gasteiger partial charge in [0.2, 0.25) is 0 Å². The Bertz CT molecular complexity index is 1140. The van der Waals surface area contributed by atoms with E-state index < -0.39 is 0 Å². The number of nitrogens with one attached hydrogen (secondary N) is 2. The summed E-state index contributed by atoms with van der Waals surface area (Å²) in [6.07, 6.45) is 0.819. The van der Waals surface area contributed by atoms with E-state index in [2.05, 4.69) is 26.0 Å². The Balaban J connectivity index is 0.00000124. The van der Waals surface area contributed by atoms with Gasteiger partial charge in [-0.05, 0) is 60.5 Å². The second kappa shape index (κ2) is 10.8. The summed E-state index contributed by atoms with van der Waals surface area (Å²) in [5.41, 5.74) is 2.95. The lowest BCUT2D eigenvalue weighted by atomic mass is 10.2. The number of rotatable bonds is 6. The molecule has 4 rings (SSSR count). The summed E-state index contributed by atoms with van der Waals surface area (Å²) in [5, 5.41) is 3.27. The maximum atomic E-state index is 11.1. The summed E-state index contributed by atoms with van der Waals surface area (Å²) < 4.78 is 4.31. The minimum Gasteiger partial charge on any atom is -0.337 e. The molecule has 0 aliphatic carbocycles. The lowest BCUT2D eigenvalue weighted by Crippen LogP contribution is -2.02. The van der Waals surface area contributed by atoms with Crippen LogP contribution in [0, 0.1) is 0 Å². The molecule has 0 fully saturated rings. The van der Waals surface area contributed by atoms with E-state index >= 15 is 0 Å². The maximum absolute atomic E-state index is 11.1. The van der Waals surface area contributed by atoms with Gasteiger partial charge in [-0.15, -0.1) is 0 Å². The third-order valence-corrected chi connectivity index (χ3v) is 5.27. The van der Waals surface area contributed by atoms with Crippen LogP contribution < -0.4 is 10.0 Å². The summed E-state index contributed by atoms with van der Waals surface area (Å²) in [4.78, 5) is 21.5. The number of aldehydes is 1. The fraction of sp³-hybridized carbons (Fsp3) is 0.0870. The van der Waals surface area contributed by atoms with Gasteiger partial charge in [0.05, 0.1) is 11.0 Å².